The van der Waals surface area contributed by atoms with Gasteiger partial charge in [0.1, 0.15) is 10.7 Å². The lowest BCUT2D eigenvalue weighted by Gasteiger charge is -2.20. The summed E-state index contributed by atoms with van der Waals surface area (Å²) in [6, 6.07) is 3.46. The number of amides is 2. The Morgan fingerprint density at radius 1 is 1.31 bits per heavy atom. The van der Waals surface area contributed by atoms with Crippen molar-refractivity contribution in [1.82, 2.24) is 20.5 Å². The van der Waals surface area contributed by atoms with Gasteiger partial charge < -0.3 is 9.73 Å². The number of aryl methyl sites for hydroxylation is 1. The molecule has 0 atom stereocenters. The molecule has 1 aliphatic carbocycles. The second-order valence-corrected chi connectivity index (χ2v) is 10.6. The molecule has 1 saturated carbocycles. The van der Waals surface area contributed by atoms with Gasteiger partial charge in [-0.2, -0.15) is 0 Å². The topological polar surface area (TPSA) is 127 Å². The predicted molar refractivity (Wildman–Crippen MR) is 117 cm³/mol. The average Bonchev–Trinajstić information content (AvgIpc) is 3.25. The lowest BCUT2D eigenvalue weighted by Crippen LogP contribution is -2.30. The largest absolute Gasteiger partial charge is 0.425 e. The van der Waals surface area contributed by atoms with Gasteiger partial charge in [-0.05, 0) is 37.5 Å². The van der Waals surface area contributed by atoms with Gasteiger partial charge in [0.25, 0.3) is 0 Å². The monoisotopic (exact) mass is 479 g/mol. The van der Waals surface area contributed by atoms with E-state index in [0.717, 1.165) is 25.2 Å². The molecule has 32 heavy (non-hydrogen) atoms. The van der Waals surface area contributed by atoms with Gasteiger partial charge in [0, 0.05) is 25.1 Å². The molecule has 3 aromatic rings. The number of thiazole rings is 1. The highest BCUT2D eigenvalue weighted by Crippen LogP contribution is 2.35. The van der Waals surface area contributed by atoms with Crippen LogP contribution >= 0.6 is 11.3 Å². The third kappa shape index (κ3) is 4.96. The fourth-order valence-corrected chi connectivity index (χ4v) is 4.96. The van der Waals surface area contributed by atoms with Crippen LogP contribution in [0.4, 0.5) is 14.3 Å². The number of halogens is 1. The molecule has 12 heteroatoms. The van der Waals surface area contributed by atoms with Crippen molar-refractivity contribution in [3.8, 4) is 10.4 Å². The molecule has 170 valence electrons. The highest BCUT2D eigenvalue weighted by Gasteiger charge is 2.25. The first-order valence-corrected chi connectivity index (χ1v) is 12.8. The molecule has 2 heterocycles. The maximum absolute atomic E-state index is 14.2. The first kappa shape index (κ1) is 22.3. The first-order valence-electron chi connectivity index (χ1n) is 10.1. The second kappa shape index (κ2) is 8.94. The minimum absolute atomic E-state index is 0.313. The Morgan fingerprint density at radius 3 is 2.75 bits per heavy atom. The van der Waals surface area contributed by atoms with Crippen LogP contribution in [0, 0.1) is 12.7 Å². The van der Waals surface area contributed by atoms with Crippen LogP contribution in [0.1, 0.15) is 42.7 Å². The molecule has 4 rings (SSSR count). The van der Waals surface area contributed by atoms with E-state index in [-0.39, 0.29) is 4.90 Å². The van der Waals surface area contributed by atoms with E-state index in [0.29, 0.717) is 51.9 Å². The number of aromatic nitrogens is 3. The number of rotatable bonds is 7. The van der Waals surface area contributed by atoms with Crippen molar-refractivity contribution in [3.05, 3.63) is 41.5 Å². The fraction of sp³-hybridized carbons (Fsp3) is 0.400. The molecule has 2 amide bonds. The van der Waals surface area contributed by atoms with E-state index < -0.39 is 21.7 Å². The Hall–Kier alpha value is -2.86. The lowest BCUT2D eigenvalue weighted by atomic mass is 9.85. The Balaban J connectivity index is 1.34. The van der Waals surface area contributed by atoms with Crippen molar-refractivity contribution in [2.45, 2.75) is 43.4 Å². The number of hydrogen-bond donors (Lipinski definition) is 2. The summed E-state index contributed by atoms with van der Waals surface area (Å²) in [5, 5.41) is 13.8. The van der Waals surface area contributed by atoms with Gasteiger partial charge >= 0.3 is 6.03 Å². The van der Waals surface area contributed by atoms with Crippen molar-refractivity contribution >= 4 is 32.3 Å². The fourth-order valence-electron chi connectivity index (χ4n) is 3.27. The van der Waals surface area contributed by atoms with Crippen LogP contribution < -0.4 is 10.6 Å². The summed E-state index contributed by atoms with van der Waals surface area (Å²) in [6.45, 7) is 2.04. The Labute approximate surface area is 188 Å². The number of sulfone groups is 1. The molecule has 1 aromatic carbocycles. The van der Waals surface area contributed by atoms with Gasteiger partial charge in [-0.15, -0.1) is 10.2 Å². The Morgan fingerprint density at radius 2 is 2.09 bits per heavy atom. The van der Waals surface area contributed by atoms with E-state index in [1.165, 1.54) is 29.9 Å². The number of carbonyl (C=O) groups is 1. The number of carbonyl (C=O) groups excluding carboxylic acids is 1. The van der Waals surface area contributed by atoms with Gasteiger partial charge in [-0.1, -0.05) is 23.8 Å². The van der Waals surface area contributed by atoms with Gasteiger partial charge in [0.2, 0.25) is 11.8 Å². The average molecular weight is 480 g/mol. The Kier molecular flexibility index (Phi) is 6.24. The highest BCUT2D eigenvalue weighted by atomic mass is 32.2. The molecule has 0 bridgehead atoms. The molecule has 9 nitrogen and oxygen atoms in total. The molecule has 0 spiro atoms. The third-order valence-electron chi connectivity index (χ3n) is 5.17. The summed E-state index contributed by atoms with van der Waals surface area (Å²) in [5.41, 5.74) is 1.07. The lowest BCUT2D eigenvalue weighted by molar-refractivity contribution is 0.252. The van der Waals surface area contributed by atoms with Crippen molar-refractivity contribution in [1.29, 1.82) is 0 Å². The van der Waals surface area contributed by atoms with Gasteiger partial charge in [-0.25, -0.2) is 22.6 Å². The van der Waals surface area contributed by atoms with E-state index in [9.17, 15) is 17.6 Å². The van der Waals surface area contributed by atoms with E-state index in [1.807, 2.05) is 0 Å². The second-order valence-electron chi connectivity index (χ2n) is 7.64. The molecular weight excluding hydrogens is 457 g/mol. The maximum Gasteiger partial charge on any atom is 0.321 e. The summed E-state index contributed by atoms with van der Waals surface area (Å²) < 4.78 is 43.1. The van der Waals surface area contributed by atoms with Crippen LogP contribution in [0.3, 0.4) is 0 Å². The van der Waals surface area contributed by atoms with E-state index >= 15 is 0 Å². The SMILES string of the molecule is Cc1nc(NC(=O)NCCc2nnc(C3CCC3)o2)sc1-c1ccc(S(C)(=O)=O)c(F)c1. The van der Waals surface area contributed by atoms with Crippen molar-refractivity contribution in [2.75, 3.05) is 18.1 Å². The van der Waals surface area contributed by atoms with Gasteiger partial charge in [0.05, 0.1) is 10.6 Å². The minimum Gasteiger partial charge on any atom is -0.425 e. The van der Waals surface area contributed by atoms with Crippen LogP contribution in [0.15, 0.2) is 27.5 Å². The van der Waals surface area contributed by atoms with Crippen LogP contribution in [-0.2, 0) is 16.3 Å². The zero-order valence-electron chi connectivity index (χ0n) is 17.5. The predicted octanol–water partition coefficient (Wildman–Crippen LogP) is 3.68. The normalized spacial score (nSPS) is 14.2. The van der Waals surface area contributed by atoms with E-state index in [4.69, 9.17) is 4.42 Å². The van der Waals surface area contributed by atoms with Crippen LogP contribution in [0.2, 0.25) is 0 Å². The van der Waals surface area contributed by atoms with E-state index in [1.54, 1.807) is 6.92 Å². The first-order chi connectivity index (χ1) is 15.2. The van der Waals surface area contributed by atoms with Gasteiger partial charge in [-0.3, -0.25) is 5.32 Å². The molecule has 0 saturated heterocycles. The van der Waals surface area contributed by atoms with Crippen molar-refractivity contribution < 1.29 is 22.0 Å². The van der Waals surface area contributed by atoms with Crippen LogP contribution in [0.25, 0.3) is 10.4 Å². The number of nitrogens with one attached hydrogen (secondary N) is 2. The zero-order valence-corrected chi connectivity index (χ0v) is 19.1. The third-order valence-corrected chi connectivity index (χ3v) is 7.42. The van der Waals surface area contributed by atoms with E-state index in [2.05, 4.69) is 25.8 Å². The number of anilines is 1. The molecule has 2 N–H and O–H groups in total. The van der Waals surface area contributed by atoms with Crippen molar-refractivity contribution in [3.63, 3.8) is 0 Å². The molecule has 1 fully saturated rings. The molecule has 0 aliphatic heterocycles. The Bertz CT molecular complexity index is 1250. The summed E-state index contributed by atoms with van der Waals surface area (Å²) in [6.07, 6.45) is 4.71. The molecule has 2 aromatic heterocycles. The summed E-state index contributed by atoms with van der Waals surface area (Å²) in [7, 11) is -3.65. The summed E-state index contributed by atoms with van der Waals surface area (Å²) >= 11 is 1.17. The molecule has 0 unspecified atom stereocenters. The number of nitrogens with zero attached hydrogens (tertiary/aromatic N) is 3. The van der Waals surface area contributed by atoms with Crippen LogP contribution in [0.5, 0.6) is 0 Å². The number of urea groups is 1. The quantitative estimate of drug-likeness (QED) is 0.529. The van der Waals surface area contributed by atoms with Crippen LogP contribution in [-0.4, -0.2) is 42.4 Å². The summed E-state index contributed by atoms with van der Waals surface area (Å²) in [4.78, 5) is 16.8. The number of hydrogen-bond acceptors (Lipinski definition) is 8. The molecular formula is C20H22FN5O4S2. The number of benzene rings is 1. The van der Waals surface area contributed by atoms with Gasteiger partial charge in [0.15, 0.2) is 15.0 Å². The zero-order chi connectivity index (χ0) is 22.9. The summed E-state index contributed by atoms with van der Waals surface area (Å²) in [5.74, 6) is 0.694. The van der Waals surface area contributed by atoms with Crippen molar-refractivity contribution in [2.24, 2.45) is 0 Å². The minimum atomic E-state index is -3.65. The maximum atomic E-state index is 14.2. The molecule has 1 aliphatic rings. The highest BCUT2D eigenvalue weighted by molar-refractivity contribution is 7.90. The standard InChI is InChI=1S/C20H22FN5O4S2/c1-11-17(13-6-7-15(14(21)10-13)32(2,28)29)31-20(23-11)24-19(27)22-9-8-16-25-26-18(30-16)12-4-3-5-12/h6-7,10,12H,3-5,8-9H2,1-2H3,(H2,22,23,24,27). The molecule has 0 radical (unpaired) electrons. The smallest absolute Gasteiger partial charge is 0.321 e.